The van der Waals surface area contributed by atoms with Crippen LogP contribution in [0.4, 0.5) is 4.79 Å². The van der Waals surface area contributed by atoms with Crippen molar-refractivity contribution >= 4 is 12.0 Å². The highest BCUT2D eigenvalue weighted by atomic mass is 16.5. The summed E-state index contributed by atoms with van der Waals surface area (Å²) in [6, 6.07) is -0.690. The zero-order valence-corrected chi connectivity index (χ0v) is 12.4. The first-order chi connectivity index (χ1) is 8.84. The first-order valence-corrected chi connectivity index (χ1v) is 6.99. The minimum atomic E-state index is -0.638. The van der Waals surface area contributed by atoms with Crippen LogP contribution in [0.3, 0.4) is 0 Å². The van der Waals surface area contributed by atoms with Crippen LogP contribution in [-0.2, 0) is 9.53 Å². The van der Waals surface area contributed by atoms with E-state index in [2.05, 4.69) is 10.6 Å². The molecule has 0 aromatic heterocycles. The van der Waals surface area contributed by atoms with Crippen molar-refractivity contribution in [2.45, 2.75) is 65.0 Å². The van der Waals surface area contributed by atoms with E-state index in [4.69, 9.17) is 4.74 Å². The number of methoxy groups -OCH3 is 1. The third kappa shape index (κ3) is 5.09. The summed E-state index contributed by atoms with van der Waals surface area (Å²) in [5.74, 6) is -0.411. The highest BCUT2D eigenvalue weighted by molar-refractivity contribution is 5.84. The Balaban J connectivity index is 2.53. The zero-order chi connectivity index (χ0) is 14.5. The van der Waals surface area contributed by atoms with Gasteiger partial charge in [0.15, 0.2) is 0 Å². The van der Waals surface area contributed by atoms with E-state index in [1.165, 1.54) is 13.5 Å². The normalized spacial score (nSPS) is 18.5. The Kier molecular flexibility index (Phi) is 5.63. The molecule has 1 aliphatic carbocycles. The van der Waals surface area contributed by atoms with Crippen LogP contribution in [0.15, 0.2) is 0 Å². The maximum absolute atomic E-state index is 12.0. The van der Waals surface area contributed by atoms with Crippen molar-refractivity contribution in [3.63, 3.8) is 0 Å². The molecule has 0 aromatic rings. The highest BCUT2D eigenvalue weighted by Crippen LogP contribution is 2.21. The van der Waals surface area contributed by atoms with E-state index in [0.717, 1.165) is 25.7 Å². The fraction of sp³-hybridized carbons (Fsp3) is 0.857. The quantitative estimate of drug-likeness (QED) is 0.773. The zero-order valence-electron chi connectivity index (χ0n) is 12.4. The van der Waals surface area contributed by atoms with E-state index in [1.807, 2.05) is 20.8 Å². The number of ether oxygens (including phenoxy) is 1. The van der Waals surface area contributed by atoms with E-state index in [1.54, 1.807) is 0 Å². The lowest BCUT2D eigenvalue weighted by Crippen LogP contribution is -2.54. The molecule has 0 bridgehead atoms. The van der Waals surface area contributed by atoms with Gasteiger partial charge in [-0.2, -0.15) is 0 Å². The minimum absolute atomic E-state index is 0.229. The number of urea groups is 1. The fourth-order valence-corrected chi connectivity index (χ4v) is 2.35. The van der Waals surface area contributed by atoms with Crippen LogP contribution in [-0.4, -0.2) is 31.2 Å². The van der Waals surface area contributed by atoms with Gasteiger partial charge in [0.2, 0.25) is 0 Å². The molecule has 1 saturated carbocycles. The molecule has 0 spiro atoms. The molecule has 0 unspecified atom stereocenters. The van der Waals surface area contributed by atoms with Crippen LogP contribution in [0.1, 0.15) is 52.9 Å². The molecule has 1 aliphatic rings. The van der Waals surface area contributed by atoms with Gasteiger partial charge < -0.3 is 15.4 Å². The summed E-state index contributed by atoms with van der Waals surface area (Å²) in [4.78, 5) is 23.7. The number of amides is 2. The summed E-state index contributed by atoms with van der Waals surface area (Å²) in [6.45, 7) is 5.69. The Morgan fingerprint density at radius 2 is 1.74 bits per heavy atom. The molecule has 1 atom stereocenters. The van der Waals surface area contributed by atoms with Gasteiger partial charge in [-0.05, 0) is 18.3 Å². The maximum Gasteiger partial charge on any atom is 0.328 e. The van der Waals surface area contributed by atoms with Crippen molar-refractivity contribution in [2.24, 2.45) is 5.41 Å². The first kappa shape index (κ1) is 15.8. The maximum atomic E-state index is 12.0. The SMILES string of the molecule is COC(=O)[C@@H](NC(=O)NC1CCCCC1)C(C)(C)C. The summed E-state index contributed by atoms with van der Waals surface area (Å²) < 4.78 is 4.75. The van der Waals surface area contributed by atoms with Crippen LogP contribution in [0.5, 0.6) is 0 Å². The molecule has 0 aromatic carbocycles. The van der Waals surface area contributed by atoms with E-state index in [-0.39, 0.29) is 17.5 Å². The molecule has 0 heterocycles. The van der Waals surface area contributed by atoms with Gasteiger partial charge in [0.1, 0.15) is 6.04 Å². The number of hydrogen-bond acceptors (Lipinski definition) is 3. The van der Waals surface area contributed by atoms with E-state index in [9.17, 15) is 9.59 Å². The van der Waals surface area contributed by atoms with Crippen LogP contribution in [0, 0.1) is 5.41 Å². The smallest absolute Gasteiger partial charge is 0.328 e. The molecule has 1 rings (SSSR count). The summed E-state index contributed by atoms with van der Waals surface area (Å²) in [5, 5.41) is 5.67. The van der Waals surface area contributed by atoms with Gasteiger partial charge in [-0.15, -0.1) is 0 Å². The van der Waals surface area contributed by atoms with Crippen LogP contribution < -0.4 is 10.6 Å². The van der Waals surface area contributed by atoms with Gasteiger partial charge in [0.25, 0.3) is 0 Å². The predicted molar refractivity (Wildman–Crippen MR) is 73.8 cm³/mol. The summed E-state index contributed by atoms with van der Waals surface area (Å²) in [6.07, 6.45) is 5.60. The molecule has 1 fully saturated rings. The van der Waals surface area contributed by atoms with E-state index >= 15 is 0 Å². The Morgan fingerprint density at radius 1 is 1.16 bits per heavy atom. The molecular formula is C14H26N2O3. The van der Waals surface area contributed by atoms with Crippen LogP contribution >= 0.6 is 0 Å². The predicted octanol–water partition coefficient (Wildman–Crippen LogP) is 2.21. The number of esters is 1. The van der Waals surface area contributed by atoms with Gasteiger partial charge in [0.05, 0.1) is 7.11 Å². The van der Waals surface area contributed by atoms with Crippen molar-refractivity contribution in [1.29, 1.82) is 0 Å². The summed E-state index contributed by atoms with van der Waals surface area (Å²) >= 11 is 0. The molecular weight excluding hydrogens is 244 g/mol. The first-order valence-electron chi connectivity index (χ1n) is 6.99. The molecule has 0 aliphatic heterocycles. The Bertz CT molecular complexity index is 317. The molecule has 110 valence electrons. The lowest BCUT2D eigenvalue weighted by molar-refractivity contribution is -0.145. The van der Waals surface area contributed by atoms with Crippen LogP contribution in [0.25, 0.3) is 0 Å². The summed E-state index contributed by atoms with van der Waals surface area (Å²) in [5.41, 5.74) is -0.378. The van der Waals surface area contributed by atoms with Crippen LogP contribution in [0.2, 0.25) is 0 Å². The van der Waals surface area contributed by atoms with Gasteiger partial charge in [0, 0.05) is 6.04 Å². The average Bonchev–Trinajstić information content (AvgIpc) is 2.35. The molecule has 0 saturated heterocycles. The topological polar surface area (TPSA) is 67.4 Å². The number of carbonyl (C=O) groups is 2. The lowest BCUT2D eigenvalue weighted by Gasteiger charge is -2.30. The number of hydrogen-bond donors (Lipinski definition) is 2. The van der Waals surface area contributed by atoms with Crippen molar-refractivity contribution in [3.05, 3.63) is 0 Å². The number of nitrogens with one attached hydrogen (secondary N) is 2. The van der Waals surface area contributed by atoms with Crippen molar-refractivity contribution < 1.29 is 14.3 Å². The molecule has 5 nitrogen and oxygen atoms in total. The Hall–Kier alpha value is -1.26. The molecule has 0 radical (unpaired) electrons. The monoisotopic (exact) mass is 270 g/mol. The van der Waals surface area contributed by atoms with Gasteiger partial charge in [-0.1, -0.05) is 40.0 Å². The van der Waals surface area contributed by atoms with E-state index < -0.39 is 12.0 Å². The second-order valence-corrected chi connectivity index (χ2v) is 6.27. The van der Waals surface area contributed by atoms with Gasteiger partial charge >= 0.3 is 12.0 Å². The molecule has 5 heteroatoms. The third-order valence-corrected chi connectivity index (χ3v) is 3.52. The Morgan fingerprint density at radius 3 is 2.21 bits per heavy atom. The third-order valence-electron chi connectivity index (χ3n) is 3.52. The van der Waals surface area contributed by atoms with Crippen molar-refractivity contribution in [3.8, 4) is 0 Å². The molecule has 2 N–H and O–H groups in total. The highest BCUT2D eigenvalue weighted by Gasteiger charge is 2.34. The van der Waals surface area contributed by atoms with Gasteiger partial charge in [-0.3, -0.25) is 0 Å². The Labute approximate surface area is 115 Å². The van der Waals surface area contributed by atoms with Gasteiger partial charge in [-0.25, -0.2) is 9.59 Å². The minimum Gasteiger partial charge on any atom is -0.467 e. The summed E-state index contributed by atoms with van der Waals surface area (Å²) in [7, 11) is 1.34. The molecule has 2 amide bonds. The number of rotatable bonds is 3. The standard InChI is InChI=1S/C14H26N2O3/c1-14(2,3)11(12(17)19-4)16-13(18)15-10-8-6-5-7-9-10/h10-11H,5-9H2,1-4H3,(H2,15,16,18)/t11-/m1/s1. The van der Waals surface area contributed by atoms with Crippen molar-refractivity contribution in [2.75, 3.05) is 7.11 Å². The molecule has 19 heavy (non-hydrogen) atoms. The number of carbonyl (C=O) groups excluding carboxylic acids is 2. The largest absolute Gasteiger partial charge is 0.467 e. The second kappa shape index (κ2) is 6.78. The average molecular weight is 270 g/mol. The van der Waals surface area contributed by atoms with E-state index in [0.29, 0.717) is 0 Å². The lowest BCUT2D eigenvalue weighted by atomic mass is 9.87. The fourth-order valence-electron chi connectivity index (χ4n) is 2.35. The second-order valence-electron chi connectivity index (χ2n) is 6.27. The van der Waals surface area contributed by atoms with Crippen molar-refractivity contribution in [1.82, 2.24) is 10.6 Å².